The lowest BCUT2D eigenvalue weighted by Gasteiger charge is -2.17. The number of rotatable bonds is 4. The Morgan fingerprint density at radius 2 is 1.86 bits per heavy atom. The normalized spacial score (nSPS) is 16.2. The summed E-state index contributed by atoms with van der Waals surface area (Å²) >= 11 is 0. The van der Waals surface area contributed by atoms with E-state index < -0.39 is 11.6 Å². The third-order valence-corrected chi connectivity index (χ3v) is 3.27. The Balaban J connectivity index is 2.32. The van der Waals surface area contributed by atoms with Crippen LogP contribution in [0.2, 0.25) is 0 Å². The molecular weight excluding hydrogens is 274 g/mol. The number of aromatic hydroxyl groups is 1. The topological polar surface area (TPSA) is 85.2 Å². The Morgan fingerprint density at radius 1 is 1.19 bits per heavy atom. The van der Waals surface area contributed by atoms with Crippen molar-refractivity contribution in [1.82, 2.24) is 0 Å². The number of oxime groups is 1. The van der Waals surface area contributed by atoms with Crippen LogP contribution in [-0.4, -0.2) is 22.8 Å². The molecule has 0 unspecified atom stereocenters. The molecule has 1 saturated carbocycles. The van der Waals surface area contributed by atoms with Gasteiger partial charge in [0.2, 0.25) is 0 Å². The van der Waals surface area contributed by atoms with Crippen molar-refractivity contribution in [2.24, 2.45) is 5.16 Å². The van der Waals surface area contributed by atoms with Crippen LogP contribution >= 0.6 is 0 Å². The van der Waals surface area contributed by atoms with E-state index >= 15 is 0 Å². The molecule has 0 bridgehead atoms. The minimum atomic E-state index is -0.601. The lowest BCUT2D eigenvalue weighted by atomic mass is 10.0. The largest absolute Gasteiger partial charge is 0.507 e. The summed E-state index contributed by atoms with van der Waals surface area (Å²) in [6.07, 6.45) is 1.49. The predicted octanol–water partition coefficient (Wildman–Crippen LogP) is 2.23. The smallest absolute Gasteiger partial charge is 0.331 e. The van der Waals surface area contributed by atoms with Crippen molar-refractivity contribution >= 4 is 17.7 Å². The molecule has 112 valence electrons. The van der Waals surface area contributed by atoms with E-state index in [4.69, 9.17) is 4.74 Å². The van der Waals surface area contributed by atoms with Crippen molar-refractivity contribution in [2.75, 3.05) is 0 Å². The van der Waals surface area contributed by atoms with Gasteiger partial charge in [-0.1, -0.05) is 11.2 Å². The van der Waals surface area contributed by atoms with Gasteiger partial charge in [-0.2, -0.15) is 0 Å². The number of nitrogens with zero attached hydrogens (tertiary/aromatic N) is 1. The van der Waals surface area contributed by atoms with E-state index in [-0.39, 0.29) is 11.7 Å². The second-order valence-electron chi connectivity index (χ2n) is 5.08. The molecule has 21 heavy (non-hydrogen) atoms. The molecule has 1 fully saturated rings. The number of phenolic OH excluding ortho intramolecular Hbond substituents is 1. The zero-order valence-electron chi connectivity index (χ0n) is 12.2. The highest BCUT2D eigenvalue weighted by Crippen LogP contribution is 2.50. The fourth-order valence-electron chi connectivity index (χ4n) is 2.13. The van der Waals surface area contributed by atoms with Crippen LogP contribution in [0, 0.1) is 0 Å². The van der Waals surface area contributed by atoms with Crippen molar-refractivity contribution in [3.05, 3.63) is 29.3 Å². The van der Waals surface area contributed by atoms with Gasteiger partial charge in [-0.25, -0.2) is 4.79 Å². The maximum atomic E-state index is 11.2. The average molecular weight is 291 g/mol. The van der Waals surface area contributed by atoms with Gasteiger partial charge in [-0.15, -0.1) is 0 Å². The molecule has 0 aromatic heterocycles. The highest BCUT2D eigenvalue weighted by atomic mass is 16.7. The second-order valence-corrected chi connectivity index (χ2v) is 5.08. The van der Waals surface area contributed by atoms with Crippen LogP contribution in [0.5, 0.6) is 5.75 Å². The molecule has 0 amide bonds. The molecule has 1 aromatic rings. The first-order valence-corrected chi connectivity index (χ1v) is 6.60. The number of benzene rings is 1. The Bertz CT molecular complexity index is 616. The average Bonchev–Trinajstić information content (AvgIpc) is 3.16. The molecule has 0 radical (unpaired) electrons. The molecule has 0 atom stereocenters. The van der Waals surface area contributed by atoms with Crippen LogP contribution in [-0.2, 0) is 24.8 Å². The molecule has 0 heterocycles. The van der Waals surface area contributed by atoms with E-state index in [9.17, 15) is 14.7 Å². The summed E-state index contributed by atoms with van der Waals surface area (Å²) in [6, 6.07) is 4.93. The van der Waals surface area contributed by atoms with E-state index in [1.807, 2.05) is 0 Å². The standard InChI is InChI=1S/C15H17NO5/c1-9(16-21-11(3)18)13-8-12(4-5-14(13)19)15(6-7-15)20-10(2)17/h4-5,8,19H,6-7H2,1-3H3. The molecule has 1 aliphatic rings. The maximum absolute atomic E-state index is 11.2. The molecule has 6 nitrogen and oxygen atoms in total. The quantitative estimate of drug-likeness (QED) is 0.398. The van der Waals surface area contributed by atoms with E-state index in [2.05, 4.69) is 9.99 Å². The third-order valence-electron chi connectivity index (χ3n) is 3.27. The Morgan fingerprint density at radius 3 is 2.38 bits per heavy atom. The van der Waals surface area contributed by atoms with Crippen molar-refractivity contribution in [1.29, 1.82) is 0 Å². The van der Waals surface area contributed by atoms with Crippen LogP contribution in [0.25, 0.3) is 0 Å². The summed E-state index contributed by atoms with van der Waals surface area (Å²) in [5.41, 5.74) is 0.994. The zero-order valence-corrected chi connectivity index (χ0v) is 12.2. The molecule has 1 aromatic carbocycles. The molecular formula is C15H17NO5. The third kappa shape index (κ3) is 3.39. The molecule has 1 aliphatic carbocycles. The van der Waals surface area contributed by atoms with Crippen molar-refractivity contribution in [3.8, 4) is 5.75 Å². The summed E-state index contributed by atoms with van der Waals surface area (Å²) in [4.78, 5) is 26.5. The van der Waals surface area contributed by atoms with E-state index in [1.165, 1.54) is 19.9 Å². The SMILES string of the molecule is CC(=O)ON=C(C)c1cc(C2(OC(C)=O)CC2)ccc1O. The van der Waals surface area contributed by atoms with Crippen LogP contribution in [0.3, 0.4) is 0 Å². The highest BCUT2D eigenvalue weighted by Gasteiger charge is 2.48. The van der Waals surface area contributed by atoms with Gasteiger partial charge >= 0.3 is 11.9 Å². The van der Waals surface area contributed by atoms with Gasteiger partial charge in [0.1, 0.15) is 11.4 Å². The maximum Gasteiger partial charge on any atom is 0.331 e. The number of carbonyl (C=O) groups is 2. The molecule has 1 N–H and O–H groups in total. The summed E-state index contributed by atoms with van der Waals surface area (Å²) < 4.78 is 5.36. The van der Waals surface area contributed by atoms with Gasteiger partial charge in [-0.05, 0) is 37.5 Å². The summed E-state index contributed by atoms with van der Waals surface area (Å²) in [7, 11) is 0. The fourth-order valence-corrected chi connectivity index (χ4v) is 2.13. The van der Waals surface area contributed by atoms with Gasteiger partial charge in [-0.3, -0.25) is 4.79 Å². The van der Waals surface area contributed by atoms with Crippen LogP contribution in [0.15, 0.2) is 23.4 Å². The number of carbonyl (C=O) groups excluding carboxylic acids is 2. The molecule has 2 rings (SSSR count). The van der Waals surface area contributed by atoms with Crippen molar-refractivity contribution in [2.45, 2.75) is 39.2 Å². The summed E-state index contributed by atoms with van der Waals surface area (Å²) in [5.74, 6) is -0.859. The number of esters is 1. The Kier molecular flexibility index (Phi) is 3.97. The van der Waals surface area contributed by atoms with Gasteiger partial charge in [0.05, 0.1) is 5.71 Å². The van der Waals surface area contributed by atoms with E-state index in [0.29, 0.717) is 11.3 Å². The van der Waals surface area contributed by atoms with Gasteiger partial charge in [0.15, 0.2) is 0 Å². The van der Waals surface area contributed by atoms with Gasteiger partial charge in [0.25, 0.3) is 0 Å². The lowest BCUT2D eigenvalue weighted by Crippen LogP contribution is -2.16. The molecule has 0 aliphatic heterocycles. The van der Waals surface area contributed by atoms with Crippen molar-refractivity contribution < 1.29 is 24.3 Å². The van der Waals surface area contributed by atoms with E-state index in [0.717, 1.165) is 18.4 Å². The fraction of sp³-hybridized carbons (Fsp3) is 0.400. The first-order valence-electron chi connectivity index (χ1n) is 6.60. The minimum Gasteiger partial charge on any atom is -0.507 e. The number of hydrogen-bond donors (Lipinski definition) is 1. The van der Waals surface area contributed by atoms with Crippen LogP contribution < -0.4 is 0 Å². The Hall–Kier alpha value is -2.37. The Labute approximate surface area is 122 Å². The zero-order chi connectivity index (χ0) is 15.6. The first kappa shape index (κ1) is 15.0. The van der Waals surface area contributed by atoms with Gasteiger partial charge in [0, 0.05) is 19.4 Å². The summed E-state index contributed by atoms with van der Waals surface area (Å²) in [6.45, 7) is 4.23. The molecule has 6 heteroatoms. The van der Waals surface area contributed by atoms with Gasteiger partial charge < -0.3 is 14.7 Å². The first-order chi connectivity index (χ1) is 9.84. The van der Waals surface area contributed by atoms with Crippen molar-refractivity contribution in [3.63, 3.8) is 0 Å². The number of phenols is 1. The highest BCUT2D eigenvalue weighted by molar-refractivity contribution is 6.01. The second kappa shape index (κ2) is 5.55. The number of hydrogen-bond acceptors (Lipinski definition) is 6. The molecule has 0 saturated heterocycles. The summed E-state index contributed by atoms with van der Waals surface area (Å²) in [5, 5.41) is 13.6. The van der Waals surface area contributed by atoms with Crippen LogP contribution in [0.1, 0.15) is 44.7 Å². The molecule has 0 spiro atoms. The number of ether oxygens (including phenoxy) is 1. The predicted molar refractivity (Wildman–Crippen MR) is 74.8 cm³/mol. The van der Waals surface area contributed by atoms with E-state index in [1.54, 1.807) is 19.1 Å². The minimum absolute atomic E-state index is 0.0192. The van der Waals surface area contributed by atoms with Crippen LogP contribution in [0.4, 0.5) is 0 Å². The monoisotopic (exact) mass is 291 g/mol. The lowest BCUT2D eigenvalue weighted by molar-refractivity contribution is -0.149.